The Morgan fingerprint density at radius 2 is 1.64 bits per heavy atom. The van der Waals surface area contributed by atoms with Crippen molar-refractivity contribution in [1.82, 2.24) is 0 Å². The number of ketones is 1. The Kier molecular flexibility index (Phi) is 6.29. The Labute approximate surface area is 195 Å². The van der Waals surface area contributed by atoms with Gasteiger partial charge in [0.05, 0.1) is 4.88 Å². The van der Waals surface area contributed by atoms with Crippen LogP contribution in [0.5, 0.6) is 11.5 Å². The number of carbonyl (C=O) groups excluding carboxylic acids is 2. The lowest BCUT2D eigenvalue weighted by atomic mass is 9.92. The molecule has 0 bridgehead atoms. The molecule has 0 saturated carbocycles. The van der Waals surface area contributed by atoms with Gasteiger partial charge in [-0.3, -0.25) is 9.59 Å². The second-order valence-electron chi connectivity index (χ2n) is 7.74. The maximum Gasteiger partial charge on any atom is 0.298 e. The number of phenolic OH excluding ortho intramolecular Hbond substituents is 1. The summed E-state index contributed by atoms with van der Waals surface area (Å²) in [5, 5.41) is 10.9. The lowest BCUT2D eigenvalue weighted by Crippen LogP contribution is -2.06. The fraction of sp³-hybridized carbons (Fsp3) is 0.111. The van der Waals surface area contributed by atoms with Gasteiger partial charge in [-0.1, -0.05) is 29.8 Å². The van der Waals surface area contributed by atoms with Crippen molar-refractivity contribution in [1.29, 1.82) is 0 Å². The van der Waals surface area contributed by atoms with Gasteiger partial charge in [0.1, 0.15) is 24.0 Å². The number of aryl methyl sites for hydroxylation is 3. The first-order chi connectivity index (χ1) is 15.9. The molecule has 0 amide bonds. The molecular weight excluding hydrogens is 436 g/mol. The monoisotopic (exact) mass is 458 g/mol. The molecule has 5 nitrogen and oxygen atoms in total. The molecule has 33 heavy (non-hydrogen) atoms. The summed E-state index contributed by atoms with van der Waals surface area (Å²) in [6.07, 6.45) is 2.41. The van der Waals surface area contributed by atoms with Crippen LogP contribution < -0.4 is 4.74 Å². The number of phenols is 1. The number of aromatic hydroxyl groups is 1. The maximum atomic E-state index is 13.8. The van der Waals surface area contributed by atoms with Crippen LogP contribution in [-0.4, -0.2) is 17.4 Å². The van der Waals surface area contributed by atoms with Crippen molar-refractivity contribution in [3.05, 3.63) is 94.3 Å². The average molecular weight is 459 g/mol. The molecule has 0 fully saturated rings. The van der Waals surface area contributed by atoms with E-state index in [1.54, 1.807) is 24.3 Å². The number of benzene rings is 3. The van der Waals surface area contributed by atoms with Crippen molar-refractivity contribution in [3.8, 4) is 22.6 Å². The number of rotatable bonds is 7. The number of thiophene rings is 1. The second kappa shape index (κ2) is 9.30. The van der Waals surface area contributed by atoms with Crippen molar-refractivity contribution in [2.45, 2.75) is 20.8 Å². The summed E-state index contributed by atoms with van der Waals surface area (Å²) in [7, 11) is 0. The van der Waals surface area contributed by atoms with Crippen molar-refractivity contribution >= 4 is 33.7 Å². The highest BCUT2D eigenvalue weighted by atomic mass is 32.1. The molecule has 0 aliphatic rings. The molecule has 0 aliphatic carbocycles. The van der Waals surface area contributed by atoms with Gasteiger partial charge in [-0.05, 0) is 67.8 Å². The zero-order valence-electron chi connectivity index (χ0n) is 18.4. The topological polar surface area (TPSA) is 72.8 Å². The molecule has 166 valence electrons. The largest absolute Gasteiger partial charge is 0.508 e. The third kappa shape index (κ3) is 4.52. The van der Waals surface area contributed by atoms with Gasteiger partial charge >= 0.3 is 0 Å². The summed E-state index contributed by atoms with van der Waals surface area (Å²) in [5.74, 6) is 0.680. The number of hydrogen-bond donors (Lipinski definition) is 1. The maximum absolute atomic E-state index is 13.8. The predicted octanol–water partition coefficient (Wildman–Crippen LogP) is 6.45. The molecule has 6 heteroatoms. The van der Waals surface area contributed by atoms with Crippen LogP contribution in [0.15, 0.2) is 67.1 Å². The highest BCUT2D eigenvalue weighted by molar-refractivity contribution is 7.21. The van der Waals surface area contributed by atoms with Crippen LogP contribution in [0, 0.1) is 20.8 Å². The van der Waals surface area contributed by atoms with Crippen molar-refractivity contribution < 1.29 is 24.2 Å². The van der Waals surface area contributed by atoms with Gasteiger partial charge in [-0.2, -0.15) is 0 Å². The zero-order chi connectivity index (χ0) is 23.5. The first kappa shape index (κ1) is 22.3. The molecule has 3 aromatic carbocycles. The molecule has 0 aliphatic heterocycles. The molecule has 0 unspecified atom stereocenters. The Morgan fingerprint density at radius 1 is 0.939 bits per heavy atom. The summed E-state index contributed by atoms with van der Waals surface area (Å²) in [6.45, 7) is 6.24. The Balaban J connectivity index is 1.82. The summed E-state index contributed by atoms with van der Waals surface area (Å²) in [5.41, 5.74) is 5.39. The van der Waals surface area contributed by atoms with Crippen LogP contribution in [0.2, 0.25) is 0 Å². The molecular formula is C27H22O5S. The van der Waals surface area contributed by atoms with Gasteiger partial charge in [0, 0.05) is 21.2 Å². The first-order valence-corrected chi connectivity index (χ1v) is 11.1. The van der Waals surface area contributed by atoms with Gasteiger partial charge in [0.25, 0.3) is 6.47 Å². The predicted molar refractivity (Wildman–Crippen MR) is 130 cm³/mol. The minimum atomic E-state index is -0.0324. The van der Waals surface area contributed by atoms with Crippen LogP contribution in [0.4, 0.5) is 0 Å². The van der Waals surface area contributed by atoms with E-state index in [2.05, 4.69) is 4.74 Å². The van der Waals surface area contributed by atoms with E-state index in [0.29, 0.717) is 22.7 Å². The van der Waals surface area contributed by atoms with Gasteiger partial charge in [0.2, 0.25) is 5.78 Å². The van der Waals surface area contributed by atoms with Crippen LogP contribution in [0.1, 0.15) is 31.9 Å². The molecule has 1 aromatic heterocycles. The van der Waals surface area contributed by atoms with Crippen molar-refractivity contribution in [3.63, 3.8) is 0 Å². The van der Waals surface area contributed by atoms with Crippen LogP contribution in [0.3, 0.4) is 0 Å². The Hall–Kier alpha value is -3.90. The first-order valence-electron chi connectivity index (χ1n) is 10.3. The third-order valence-electron chi connectivity index (χ3n) is 5.32. The van der Waals surface area contributed by atoms with E-state index in [9.17, 15) is 14.7 Å². The highest BCUT2D eigenvalue weighted by Gasteiger charge is 2.24. The molecule has 0 radical (unpaired) electrons. The minimum absolute atomic E-state index is 0.0324. The Bertz CT molecular complexity index is 1360. The lowest BCUT2D eigenvalue weighted by Gasteiger charge is -2.11. The van der Waals surface area contributed by atoms with Gasteiger partial charge < -0.3 is 14.6 Å². The van der Waals surface area contributed by atoms with E-state index < -0.39 is 0 Å². The number of hydrogen-bond acceptors (Lipinski definition) is 6. The van der Waals surface area contributed by atoms with Gasteiger partial charge in [-0.15, -0.1) is 11.3 Å². The van der Waals surface area contributed by atoms with E-state index in [0.717, 1.165) is 44.2 Å². The van der Waals surface area contributed by atoms with E-state index in [1.165, 1.54) is 17.6 Å². The number of carbonyl (C=O) groups is 2. The molecule has 0 atom stereocenters. The molecule has 1 heterocycles. The smallest absolute Gasteiger partial charge is 0.298 e. The summed E-state index contributed by atoms with van der Waals surface area (Å²) in [4.78, 5) is 24.6. The van der Waals surface area contributed by atoms with Crippen LogP contribution in [-0.2, 0) is 9.53 Å². The van der Waals surface area contributed by atoms with E-state index in [-0.39, 0.29) is 11.5 Å². The summed E-state index contributed by atoms with van der Waals surface area (Å²) in [6, 6.07) is 16.5. The van der Waals surface area contributed by atoms with Gasteiger partial charge in [0.15, 0.2) is 0 Å². The molecule has 4 aromatic rings. The molecule has 0 spiro atoms. The van der Waals surface area contributed by atoms with Gasteiger partial charge in [-0.25, -0.2) is 0 Å². The molecule has 0 saturated heterocycles. The molecule has 4 rings (SSSR count). The zero-order valence-corrected chi connectivity index (χ0v) is 19.2. The highest BCUT2D eigenvalue weighted by Crippen LogP contribution is 2.42. The quantitative estimate of drug-likeness (QED) is 0.196. The standard InChI is InChI=1S/C27H22O5S/c1-16-12-17(2)24(18(3)13-16)26(30)27-25(22-9-6-20(29)14-23(22)33-27)19-4-7-21(8-5-19)32-11-10-31-15-28/h4-15,29H,1-3H3/b11-10+. The lowest BCUT2D eigenvalue weighted by molar-refractivity contribution is -0.123. The fourth-order valence-electron chi connectivity index (χ4n) is 4.05. The van der Waals surface area contributed by atoms with Crippen LogP contribution >= 0.6 is 11.3 Å². The van der Waals surface area contributed by atoms with E-state index in [4.69, 9.17) is 4.74 Å². The van der Waals surface area contributed by atoms with E-state index in [1.807, 2.05) is 51.1 Å². The fourth-order valence-corrected chi connectivity index (χ4v) is 5.26. The van der Waals surface area contributed by atoms with Crippen molar-refractivity contribution in [2.75, 3.05) is 0 Å². The minimum Gasteiger partial charge on any atom is -0.508 e. The Morgan fingerprint density at radius 3 is 2.30 bits per heavy atom. The normalized spacial score (nSPS) is 11.1. The van der Waals surface area contributed by atoms with Crippen LogP contribution in [0.25, 0.3) is 21.2 Å². The van der Waals surface area contributed by atoms with Crippen molar-refractivity contribution in [2.24, 2.45) is 0 Å². The summed E-state index contributed by atoms with van der Waals surface area (Å²) >= 11 is 1.38. The third-order valence-corrected chi connectivity index (χ3v) is 6.47. The average Bonchev–Trinajstić information content (AvgIpc) is 3.15. The number of ether oxygens (including phenoxy) is 2. The SMILES string of the molecule is Cc1cc(C)c(C(=O)c2sc3cc(O)ccc3c2-c2ccc(O/C=C/OC=O)cc2)c(C)c1. The molecule has 1 N–H and O–H groups in total. The van der Waals surface area contributed by atoms with E-state index >= 15 is 0 Å². The summed E-state index contributed by atoms with van der Waals surface area (Å²) < 4.78 is 10.7. The second-order valence-corrected chi connectivity index (χ2v) is 8.79. The number of fused-ring (bicyclic) bond motifs is 1.